The summed E-state index contributed by atoms with van der Waals surface area (Å²) in [5.41, 5.74) is 3.49. The smallest absolute Gasteiger partial charge is 0.341 e. The molecule has 1 unspecified atom stereocenters. The number of rotatable bonds is 7. The number of nitrogens with zero attached hydrogens (tertiary/aromatic N) is 1. The van der Waals surface area contributed by atoms with Gasteiger partial charge >= 0.3 is 5.97 Å². The van der Waals surface area contributed by atoms with Crippen LogP contribution in [0.5, 0.6) is 11.5 Å². The van der Waals surface area contributed by atoms with Crippen LogP contribution < -0.4 is 9.47 Å². The first-order valence-corrected chi connectivity index (χ1v) is 12.4. The number of fused-ring (bicyclic) bond motifs is 3. The molecule has 166 valence electrons. The van der Waals surface area contributed by atoms with Crippen LogP contribution >= 0.6 is 34.7 Å². The minimum atomic E-state index is -1.04. The predicted octanol–water partition coefficient (Wildman–Crippen LogP) is 6.92. The quantitative estimate of drug-likeness (QED) is 0.300. The second-order valence-electron chi connectivity index (χ2n) is 7.30. The van der Waals surface area contributed by atoms with Crippen molar-refractivity contribution in [2.45, 2.75) is 11.2 Å². The number of aliphatic carboxylic acids is 1. The van der Waals surface area contributed by atoms with Crippen LogP contribution in [0.3, 0.4) is 0 Å². The number of para-hydroxylation sites is 1. The molecule has 8 heteroatoms. The van der Waals surface area contributed by atoms with Gasteiger partial charge in [-0.15, -0.1) is 23.1 Å². The van der Waals surface area contributed by atoms with E-state index in [2.05, 4.69) is 12.1 Å². The summed E-state index contributed by atoms with van der Waals surface area (Å²) in [5.74, 6) is 0.626. The van der Waals surface area contributed by atoms with Crippen molar-refractivity contribution < 1.29 is 19.4 Å². The third kappa shape index (κ3) is 4.71. The molecule has 2 heterocycles. The van der Waals surface area contributed by atoms with Crippen molar-refractivity contribution in [1.82, 2.24) is 4.98 Å². The molecule has 0 aliphatic carbocycles. The molecule has 4 aromatic rings. The zero-order chi connectivity index (χ0) is 22.8. The molecule has 5 rings (SSSR count). The fraction of sp³-hybridized carbons (Fsp3) is 0.120. The van der Waals surface area contributed by atoms with Crippen LogP contribution in [0.25, 0.3) is 21.8 Å². The molecule has 3 aromatic carbocycles. The monoisotopic (exact) mass is 495 g/mol. The van der Waals surface area contributed by atoms with Crippen LogP contribution in [0, 0.1) is 0 Å². The number of benzene rings is 3. The van der Waals surface area contributed by atoms with E-state index < -0.39 is 12.6 Å². The van der Waals surface area contributed by atoms with Gasteiger partial charge in [0.25, 0.3) is 0 Å². The Morgan fingerprint density at radius 1 is 1.09 bits per heavy atom. The number of thiazole rings is 1. The highest BCUT2D eigenvalue weighted by molar-refractivity contribution is 7.98. The van der Waals surface area contributed by atoms with Gasteiger partial charge in [0, 0.05) is 21.9 Å². The third-order valence-electron chi connectivity index (χ3n) is 5.01. The zero-order valence-corrected chi connectivity index (χ0v) is 19.6. The Balaban J connectivity index is 1.54. The molecule has 33 heavy (non-hydrogen) atoms. The topological polar surface area (TPSA) is 68.7 Å². The number of carbonyl (C=O) groups is 1. The molecule has 1 aromatic heterocycles. The van der Waals surface area contributed by atoms with Crippen molar-refractivity contribution in [2.24, 2.45) is 0 Å². The van der Waals surface area contributed by atoms with Crippen LogP contribution in [-0.4, -0.2) is 22.7 Å². The maximum atomic E-state index is 11.1. The molecule has 5 nitrogen and oxygen atoms in total. The van der Waals surface area contributed by atoms with E-state index in [0.717, 1.165) is 32.5 Å². The standard InChI is InChI=1S/C25H18ClNO4S2/c26-17-11-9-16(10-12-17)24-27-21-18-7-4-8-19(30-13-20(28)29)22(18)31-25(23(21)33-24)32-14-15-5-2-1-3-6-15/h1-12,25H,13-14H2,(H,28,29). The zero-order valence-electron chi connectivity index (χ0n) is 17.2. The Kier molecular flexibility index (Phi) is 6.26. The third-order valence-corrected chi connectivity index (χ3v) is 7.70. The molecule has 1 atom stereocenters. The average Bonchev–Trinajstić information content (AvgIpc) is 3.28. The summed E-state index contributed by atoms with van der Waals surface area (Å²) < 4.78 is 11.9. The second kappa shape index (κ2) is 9.47. The molecule has 0 amide bonds. The lowest BCUT2D eigenvalue weighted by atomic mass is 10.1. The predicted molar refractivity (Wildman–Crippen MR) is 132 cm³/mol. The Bertz CT molecular complexity index is 1290. The molecule has 0 radical (unpaired) electrons. The first-order chi connectivity index (χ1) is 16.1. The molecule has 1 N–H and O–H groups in total. The fourth-order valence-corrected chi connectivity index (χ4v) is 5.93. The van der Waals surface area contributed by atoms with Gasteiger partial charge in [0.2, 0.25) is 0 Å². The van der Waals surface area contributed by atoms with E-state index in [1.54, 1.807) is 29.2 Å². The number of hydrogen-bond acceptors (Lipinski definition) is 6. The lowest BCUT2D eigenvalue weighted by molar-refractivity contribution is -0.139. The summed E-state index contributed by atoms with van der Waals surface area (Å²) in [4.78, 5) is 17.0. The van der Waals surface area contributed by atoms with Gasteiger partial charge in [-0.1, -0.05) is 60.1 Å². The Morgan fingerprint density at radius 2 is 1.88 bits per heavy atom. The number of hydrogen-bond donors (Lipinski definition) is 1. The summed E-state index contributed by atoms with van der Waals surface area (Å²) in [6.45, 7) is -0.443. The number of aromatic nitrogens is 1. The minimum Gasteiger partial charge on any atom is -0.479 e. The molecule has 0 bridgehead atoms. The summed E-state index contributed by atoms with van der Waals surface area (Å²) in [7, 11) is 0. The van der Waals surface area contributed by atoms with Crippen molar-refractivity contribution in [1.29, 1.82) is 0 Å². The van der Waals surface area contributed by atoms with E-state index >= 15 is 0 Å². The van der Waals surface area contributed by atoms with Gasteiger partial charge in [-0.2, -0.15) is 0 Å². The Hall–Kier alpha value is -3.00. The molecule has 0 fully saturated rings. The molecule has 0 saturated carbocycles. The highest BCUT2D eigenvalue weighted by Crippen LogP contribution is 2.53. The average molecular weight is 496 g/mol. The normalized spacial score (nSPS) is 14.2. The maximum Gasteiger partial charge on any atom is 0.341 e. The lowest BCUT2D eigenvalue weighted by Gasteiger charge is -2.26. The first kappa shape index (κ1) is 21.8. The van der Waals surface area contributed by atoms with Crippen LogP contribution in [0.4, 0.5) is 0 Å². The summed E-state index contributed by atoms with van der Waals surface area (Å²) >= 11 is 9.31. The van der Waals surface area contributed by atoms with E-state index in [9.17, 15) is 4.79 Å². The fourth-order valence-electron chi connectivity index (χ4n) is 3.49. The van der Waals surface area contributed by atoms with Crippen LogP contribution in [0.15, 0.2) is 72.8 Å². The van der Waals surface area contributed by atoms with E-state index in [0.29, 0.717) is 16.5 Å². The van der Waals surface area contributed by atoms with Gasteiger partial charge in [-0.3, -0.25) is 0 Å². The van der Waals surface area contributed by atoms with Gasteiger partial charge in [0.05, 0.1) is 10.6 Å². The van der Waals surface area contributed by atoms with Gasteiger partial charge in [0.15, 0.2) is 23.5 Å². The van der Waals surface area contributed by atoms with Gasteiger partial charge in [-0.05, 0) is 29.8 Å². The molecule has 0 spiro atoms. The van der Waals surface area contributed by atoms with Gasteiger partial charge in [-0.25, -0.2) is 9.78 Å². The van der Waals surface area contributed by atoms with Crippen LogP contribution in [-0.2, 0) is 10.5 Å². The molecule has 1 aliphatic heterocycles. The van der Waals surface area contributed by atoms with Crippen molar-refractivity contribution in [2.75, 3.05) is 6.61 Å². The van der Waals surface area contributed by atoms with Crippen molar-refractivity contribution in [3.63, 3.8) is 0 Å². The van der Waals surface area contributed by atoms with E-state index in [-0.39, 0.29) is 5.44 Å². The number of carboxylic acid groups (broad SMARTS) is 1. The Labute approximate surface area is 204 Å². The number of carboxylic acids is 1. The number of ether oxygens (including phenoxy) is 2. The maximum absolute atomic E-state index is 11.1. The van der Waals surface area contributed by atoms with Crippen LogP contribution in [0.2, 0.25) is 5.02 Å². The van der Waals surface area contributed by atoms with Crippen LogP contribution in [0.1, 0.15) is 15.9 Å². The van der Waals surface area contributed by atoms with Gasteiger partial charge < -0.3 is 14.6 Å². The molecular weight excluding hydrogens is 478 g/mol. The SMILES string of the molecule is O=C(O)COc1cccc2c1OC(SCc1ccccc1)c1sc(-c3ccc(Cl)cc3)nc1-2. The van der Waals surface area contributed by atoms with Crippen molar-refractivity contribution >= 4 is 40.7 Å². The first-order valence-electron chi connectivity index (χ1n) is 10.2. The lowest BCUT2D eigenvalue weighted by Crippen LogP contribution is -2.14. The van der Waals surface area contributed by atoms with E-state index in [1.165, 1.54) is 5.56 Å². The summed E-state index contributed by atoms with van der Waals surface area (Å²) in [6.07, 6.45) is 0. The number of halogens is 1. The largest absolute Gasteiger partial charge is 0.479 e. The molecular formula is C25H18ClNO4S2. The summed E-state index contributed by atoms with van der Waals surface area (Å²) in [6, 6.07) is 23.2. The van der Waals surface area contributed by atoms with Gasteiger partial charge in [0.1, 0.15) is 5.01 Å². The van der Waals surface area contributed by atoms with E-state index in [1.807, 2.05) is 54.6 Å². The van der Waals surface area contributed by atoms with Crippen molar-refractivity contribution in [3.8, 4) is 33.3 Å². The molecule has 0 saturated heterocycles. The highest BCUT2D eigenvalue weighted by Gasteiger charge is 2.33. The van der Waals surface area contributed by atoms with E-state index in [4.69, 9.17) is 31.2 Å². The van der Waals surface area contributed by atoms with Crippen molar-refractivity contribution in [3.05, 3.63) is 88.3 Å². The number of thioether (sulfide) groups is 1. The molecule has 1 aliphatic rings. The second-order valence-corrected chi connectivity index (χ2v) is 9.82. The Morgan fingerprint density at radius 3 is 2.64 bits per heavy atom. The highest BCUT2D eigenvalue weighted by atomic mass is 35.5. The summed E-state index contributed by atoms with van der Waals surface area (Å²) in [5, 5.41) is 10.6. The minimum absolute atomic E-state index is 0.305.